The first-order chi connectivity index (χ1) is 9.77. The van der Waals surface area contributed by atoms with Crippen LogP contribution in [-0.4, -0.2) is 15.2 Å². The maximum Gasteiger partial charge on any atom is 0.162 e. The van der Waals surface area contributed by atoms with Crippen molar-refractivity contribution in [2.24, 2.45) is 4.40 Å². The third-order valence-corrected chi connectivity index (χ3v) is 4.28. The Morgan fingerprint density at radius 2 is 2.05 bits per heavy atom. The number of rotatable bonds is 6. The van der Waals surface area contributed by atoms with Gasteiger partial charge in [-0.3, -0.25) is 0 Å². The Hall–Kier alpha value is -1.36. The molecule has 0 spiro atoms. The first-order valence-corrected chi connectivity index (χ1v) is 7.89. The molecule has 0 fully saturated rings. The van der Waals surface area contributed by atoms with Gasteiger partial charge in [0.25, 0.3) is 0 Å². The highest BCUT2D eigenvalue weighted by Gasteiger charge is 2.20. The van der Waals surface area contributed by atoms with Crippen molar-refractivity contribution < 1.29 is 13.0 Å². The van der Waals surface area contributed by atoms with Crippen LogP contribution in [0, 0.1) is 11.6 Å². The summed E-state index contributed by atoms with van der Waals surface area (Å²) in [5.41, 5.74) is 0.228. The van der Waals surface area contributed by atoms with Crippen molar-refractivity contribution in [3.63, 3.8) is 0 Å². The Labute approximate surface area is 127 Å². The normalized spacial score (nSPS) is 15.1. The second-order valence-corrected chi connectivity index (χ2v) is 7.67. The van der Waals surface area contributed by atoms with E-state index in [1.54, 1.807) is 6.08 Å². The highest BCUT2D eigenvalue weighted by molar-refractivity contribution is 7.85. The zero-order valence-electron chi connectivity index (χ0n) is 12.6. The van der Waals surface area contributed by atoms with Crippen molar-refractivity contribution in [2.75, 3.05) is 0 Å². The lowest BCUT2D eigenvalue weighted by Gasteiger charge is -2.16. The fourth-order valence-electron chi connectivity index (χ4n) is 1.70. The van der Waals surface area contributed by atoms with Crippen LogP contribution < -0.4 is 0 Å². The van der Waals surface area contributed by atoms with E-state index in [4.69, 9.17) is 0 Å². The molecule has 0 bridgehead atoms. The Morgan fingerprint density at radius 1 is 1.38 bits per heavy atom. The number of halogens is 2. The molecule has 1 aromatic carbocycles. The molecule has 0 N–H and O–H groups in total. The molecule has 1 rings (SSSR count). The molecule has 2 atom stereocenters. The highest BCUT2D eigenvalue weighted by Crippen LogP contribution is 2.25. The lowest BCUT2D eigenvalue weighted by atomic mass is 9.95. The van der Waals surface area contributed by atoms with Gasteiger partial charge in [0.2, 0.25) is 0 Å². The van der Waals surface area contributed by atoms with E-state index in [0.29, 0.717) is 12.8 Å². The van der Waals surface area contributed by atoms with Crippen LogP contribution in [0.1, 0.15) is 45.1 Å². The maximum atomic E-state index is 13.9. The number of nitrogens with zero attached hydrogens (tertiary/aromatic N) is 1. The van der Waals surface area contributed by atoms with Crippen molar-refractivity contribution in [2.45, 2.75) is 44.3 Å². The Bertz CT molecular complexity index is 550. The quantitative estimate of drug-likeness (QED) is 0.560. The van der Waals surface area contributed by atoms with Gasteiger partial charge in [0.05, 0.1) is 4.75 Å². The minimum Gasteiger partial charge on any atom is -0.234 e. The maximum absolute atomic E-state index is 13.9. The van der Waals surface area contributed by atoms with Gasteiger partial charge in [-0.2, -0.15) is 4.40 Å². The van der Waals surface area contributed by atoms with Gasteiger partial charge < -0.3 is 0 Å². The average molecular weight is 313 g/mol. The van der Waals surface area contributed by atoms with Gasteiger partial charge in [0.1, 0.15) is 11.0 Å². The summed E-state index contributed by atoms with van der Waals surface area (Å²) in [5, 5.41) is 0. The van der Waals surface area contributed by atoms with Gasteiger partial charge in [-0.25, -0.2) is 13.0 Å². The van der Waals surface area contributed by atoms with E-state index in [9.17, 15) is 13.0 Å². The second kappa shape index (κ2) is 7.59. The predicted octanol–water partition coefficient (Wildman–Crippen LogP) is 4.55. The standard InChI is InChI=1S/C16H21F2NOS/c1-5-6-8-12(11-19-21(20)16(2,3)4)13-9-7-10-14(17)15(13)18/h5,7,9-12H,1,6,8H2,2-4H3/t12-,21+/m1/s1. The Kier molecular flexibility index (Phi) is 6.40. The smallest absolute Gasteiger partial charge is 0.162 e. The molecule has 2 nitrogen and oxygen atoms in total. The Balaban J connectivity index is 3.06. The predicted molar refractivity (Wildman–Crippen MR) is 84.9 cm³/mol. The van der Waals surface area contributed by atoms with Gasteiger partial charge in [-0.1, -0.05) is 18.2 Å². The van der Waals surface area contributed by atoms with Crippen molar-refractivity contribution >= 4 is 17.2 Å². The van der Waals surface area contributed by atoms with Crippen LogP contribution in [0.4, 0.5) is 8.78 Å². The van der Waals surface area contributed by atoms with Crippen molar-refractivity contribution in [3.8, 4) is 0 Å². The molecule has 0 radical (unpaired) electrons. The molecule has 0 heterocycles. The van der Waals surface area contributed by atoms with Crippen molar-refractivity contribution in [1.29, 1.82) is 0 Å². The molecule has 1 aromatic rings. The molecular formula is C16H21F2NOS. The molecule has 0 aliphatic heterocycles. The summed E-state index contributed by atoms with van der Waals surface area (Å²) in [6.45, 7) is 9.05. The van der Waals surface area contributed by atoms with Crippen LogP contribution >= 0.6 is 0 Å². The van der Waals surface area contributed by atoms with E-state index in [1.807, 2.05) is 20.8 Å². The van der Waals surface area contributed by atoms with Gasteiger partial charge in [-0.05, 0) is 45.2 Å². The third-order valence-electron chi connectivity index (χ3n) is 2.92. The van der Waals surface area contributed by atoms with Crippen LogP contribution in [-0.2, 0) is 11.0 Å². The SMILES string of the molecule is C=CCC[C@H](C=N[S@@](=O)C(C)(C)C)c1cccc(F)c1F. The van der Waals surface area contributed by atoms with Crippen LogP contribution in [0.5, 0.6) is 0 Å². The van der Waals surface area contributed by atoms with Crippen LogP contribution in [0.15, 0.2) is 35.3 Å². The average Bonchev–Trinajstić information content (AvgIpc) is 2.41. The van der Waals surface area contributed by atoms with E-state index in [-0.39, 0.29) is 5.56 Å². The summed E-state index contributed by atoms with van der Waals surface area (Å²) in [7, 11) is -1.42. The molecule has 0 aliphatic carbocycles. The summed E-state index contributed by atoms with van der Waals surface area (Å²) in [5.74, 6) is -2.19. The topological polar surface area (TPSA) is 29.4 Å². The van der Waals surface area contributed by atoms with Crippen LogP contribution in [0.3, 0.4) is 0 Å². The first kappa shape index (κ1) is 17.7. The lowest BCUT2D eigenvalue weighted by molar-refractivity contribution is 0.495. The van der Waals surface area contributed by atoms with Gasteiger partial charge in [0, 0.05) is 12.1 Å². The van der Waals surface area contributed by atoms with Gasteiger partial charge in [-0.15, -0.1) is 6.58 Å². The monoisotopic (exact) mass is 313 g/mol. The molecule has 0 saturated heterocycles. The molecular weight excluding hydrogens is 292 g/mol. The van der Waals surface area contributed by atoms with Crippen LogP contribution in [0.2, 0.25) is 0 Å². The first-order valence-electron chi connectivity index (χ1n) is 6.78. The van der Waals surface area contributed by atoms with E-state index >= 15 is 0 Å². The van der Waals surface area contributed by atoms with Crippen molar-refractivity contribution in [1.82, 2.24) is 0 Å². The van der Waals surface area contributed by atoms with Crippen LogP contribution in [0.25, 0.3) is 0 Å². The van der Waals surface area contributed by atoms with E-state index < -0.39 is 33.3 Å². The molecule has 21 heavy (non-hydrogen) atoms. The van der Waals surface area contributed by atoms with E-state index in [1.165, 1.54) is 18.3 Å². The van der Waals surface area contributed by atoms with E-state index in [2.05, 4.69) is 11.0 Å². The second-order valence-electron chi connectivity index (χ2n) is 5.73. The third kappa shape index (κ3) is 5.16. The lowest BCUT2D eigenvalue weighted by Crippen LogP contribution is -2.20. The molecule has 0 aromatic heterocycles. The summed E-state index contributed by atoms with van der Waals surface area (Å²) in [6.07, 6.45) is 4.34. The summed E-state index contributed by atoms with van der Waals surface area (Å²) in [6, 6.07) is 4.06. The van der Waals surface area contributed by atoms with Gasteiger partial charge >= 0.3 is 0 Å². The number of allylic oxidation sites excluding steroid dienone is 1. The zero-order chi connectivity index (χ0) is 16.0. The zero-order valence-corrected chi connectivity index (χ0v) is 13.4. The molecule has 0 amide bonds. The number of benzene rings is 1. The minimum atomic E-state index is -1.42. The minimum absolute atomic E-state index is 0.228. The van der Waals surface area contributed by atoms with E-state index in [0.717, 1.165) is 6.07 Å². The summed E-state index contributed by atoms with van der Waals surface area (Å²) in [4.78, 5) is 0. The number of hydrogen-bond acceptors (Lipinski definition) is 1. The fourth-order valence-corrected chi connectivity index (χ4v) is 2.28. The molecule has 5 heteroatoms. The molecule has 116 valence electrons. The summed E-state index contributed by atoms with van der Waals surface area (Å²) >= 11 is 0. The van der Waals surface area contributed by atoms with Crippen molar-refractivity contribution in [3.05, 3.63) is 48.1 Å². The molecule has 0 unspecified atom stereocenters. The number of hydrogen-bond donors (Lipinski definition) is 0. The fraction of sp³-hybridized carbons (Fsp3) is 0.438. The highest BCUT2D eigenvalue weighted by atomic mass is 32.2. The largest absolute Gasteiger partial charge is 0.234 e. The Morgan fingerprint density at radius 3 is 2.62 bits per heavy atom. The summed E-state index contributed by atoms with van der Waals surface area (Å²) < 4.78 is 42.7. The molecule has 0 aliphatic rings. The molecule has 0 saturated carbocycles. The van der Waals surface area contributed by atoms with Gasteiger partial charge in [0.15, 0.2) is 11.6 Å².